The zero-order valence-corrected chi connectivity index (χ0v) is 14.3. The maximum absolute atomic E-state index is 14.1. The molecule has 0 unspecified atom stereocenters. The molecule has 0 fully saturated rings. The van der Waals surface area contributed by atoms with Crippen molar-refractivity contribution in [2.75, 3.05) is 0 Å². The molecule has 0 radical (unpaired) electrons. The summed E-state index contributed by atoms with van der Waals surface area (Å²) in [5.41, 5.74) is 4.29. The molecule has 0 aliphatic carbocycles. The Hall–Kier alpha value is -2.87. The minimum absolute atomic E-state index is 0.239. The maximum atomic E-state index is 14.1. The fourth-order valence-corrected chi connectivity index (χ4v) is 3.42. The summed E-state index contributed by atoms with van der Waals surface area (Å²) < 4.78 is 20.6. The second-order valence-electron chi connectivity index (χ2n) is 6.74. The van der Waals surface area contributed by atoms with E-state index in [1.165, 1.54) is 6.07 Å². The monoisotopic (exact) mass is 330 g/mol. The first kappa shape index (κ1) is 15.6. The molecular weight excluding hydrogens is 311 g/mol. The van der Waals surface area contributed by atoms with Crippen molar-refractivity contribution in [3.05, 3.63) is 107 Å². The summed E-state index contributed by atoms with van der Waals surface area (Å²) in [6.45, 7) is 4.04. The molecule has 0 N–H and O–H groups in total. The molecule has 1 aliphatic heterocycles. The molecule has 1 nitrogen and oxygen atoms in total. The van der Waals surface area contributed by atoms with Gasteiger partial charge in [-0.25, -0.2) is 4.39 Å². The van der Waals surface area contributed by atoms with Gasteiger partial charge in [0.1, 0.15) is 17.2 Å². The Kier molecular flexibility index (Phi) is 3.69. The van der Waals surface area contributed by atoms with Crippen LogP contribution in [0.15, 0.2) is 78.9 Å². The number of rotatable bonds is 2. The fraction of sp³-hybridized carbons (Fsp3) is 0.130. The van der Waals surface area contributed by atoms with Crippen molar-refractivity contribution in [3.63, 3.8) is 0 Å². The summed E-state index contributed by atoms with van der Waals surface area (Å²) in [5, 5.41) is 0. The summed E-state index contributed by atoms with van der Waals surface area (Å²) in [4.78, 5) is 0. The standard InChI is InChI=1S/C23H19FO/c1-23(2)20-14-13-18(24)15-19(20)21(16-9-5-3-6-10-16)22(25-23)17-11-7-4-8-12-17/h3-15H,1-2H3. The summed E-state index contributed by atoms with van der Waals surface area (Å²) in [5.74, 6) is 0.548. The van der Waals surface area contributed by atoms with Gasteiger partial charge >= 0.3 is 0 Å². The Morgan fingerprint density at radius 3 is 2.00 bits per heavy atom. The van der Waals surface area contributed by atoms with Crippen molar-refractivity contribution in [2.45, 2.75) is 19.4 Å². The normalized spacial score (nSPS) is 15.5. The third-order valence-corrected chi connectivity index (χ3v) is 4.58. The summed E-state index contributed by atoms with van der Waals surface area (Å²) in [6.07, 6.45) is 0. The van der Waals surface area contributed by atoms with E-state index in [2.05, 4.69) is 0 Å². The zero-order chi connectivity index (χ0) is 17.4. The van der Waals surface area contributed by atoms with Gasteiger partial charge in [0.05, 0.1) is 0 Å². The second kappa shape index (κ2) is 5.89. The number of hydrogen-bond donors (Lipinski definition) is 0. The van der Waals surface area contributed by atoms with Gasteiger partial charge in [-0.3, -0.25) is 0 Å². The maximum Gasteiger partial charge on any atom is 0.136 e. The molecule has 1 aliphatic rings. The van der Waals surface area contributed by atoms with Crippen LogP contribution in [0, 0.1) is 5.82 Å². The highest BCUT2D eigenvalue weighted by molar-refractivity contribution is 5.98. The largest absolute Gasteiger partial charge is 0.482 e. The molecule has 124 valence electrons. The molecule has 3 aromatic carbocycles. The third-order valence-electron chi connectivity index (χ3n) is 4.58. The van der Waals surface area contributed by atoms with Crippen LogP contribution in [0.4, 0.5) is 4.39 Å². The lowest BCUT2D eigenvalue weighted by molar-refractivity contribution is 0.0721. The van der Waals surface area contributed by atoms with Crippen LogP contribution in [0.2, 0.25) is 0 Å². The fourth-order valence-electron chi connectivity index (χ4n) is 3.42. The van der Waals surface area contributed by atoms with Crippen LogP contribution < -0.4 is 0 Å². The summed E-state index contributed by atoms with van der Waals surface area (Å²) >= 11 is 0. The van der Waals surface area contributed by atoms with Crippen LogP contribution in [-0.2, 0) is 10.3 Å². The van der Waals surface area contributed by atoms with Gasteiger partial charge in [-0.05, 0) is 37.1 Å². The van der Waals surface area contributed by atoms with Crippen molar-refractivity contribution in [2.24, 2.45) is 0 Å². The van der Waals surface area contributed by atoms with Gasteiger partial charge in [0, 0.05) is 16.7 Å². The second-order valence-corrected chi connectivity index (χ2v) is 6.74. The van der Waals surface area contributed by atoms with Gasteiger partial charge in [-0.1, -0.05) is 66.7 Å². The quantitative estimate of drug-likeness (QED) is 0.559. The Bertz CT molecular complexity index is 940. The van der Waals surface area contributed by atoms with Crippen molar-refractivity contribution in [1.29, 1.82) is 0 Å². The van der Waals surface area contributed by atoms with Crippen LogP contribution in [0.25, 0.3) is 11.3 Å². The number of hydrogen-bond acceptors (Lipinski definition) is 1. The van der Waals surface area contributed by atoms with Crippen molar-refractivity contribution >= 4 is 11.3 Å². The smallest absolute Gasteiger partial charge is 0.136 e. The number of halogens is 1. The SMILES string of the molecule is CC1(C)OC(c2ccccc2)=C(c2ccccc2)c2cc(F)ccc21. The molecule has 1 heterocycles. The summed E-state index contributed by atoms with van der Waals surface area (Å²) in [6, 6.07) is 25.0. The Balaban J connectivity index is 2.07. The van der Waals surface area contributed by atoms with Gasteiger partial charge in [0.15, 0.2) is 0 Å². The molecule has 0 atom stereocenters. The lowest BCUT2D eigenvalue weighted by atomic mass is 9.82. The molecule has 0 aromatic heterocycles. The van der Waals surface area contributed by atoms with E-state index in [4.69, 9.17) is 4.74 Å². The highest BCUT2D eigenvalue weighted by Gasteiger charge is 2.35. The molecule has 0 saturated heterocycles. The molecule has 0 spiro atoms. The minimum atomic E-state index is -0.535. The van der Waals surface area contributed by atoms with Crippen LogP contribution in [0.5, 0.6) is 0 Å². The first-order valence-corrected chi connectivity index (χ1v) is 8.41. The molecule has 3 aromatic rings. The van der Waals surface area contributed by atoms with Crippen LogP contribution in [-0.4, -0.2) is 0 Å². The van der Waals surface area contributed by atoms with E-state index in [0.717, 1.165) is 33.6 Å². The minimum Gasteiger partial charge on any atom is -0.482 e. The lowest BCUT2D eigenvalue weighted by Crippen LogP contribution is -2.27. The lowest BCUT2D eigenvalue weighted by Gasteiger charge is -2.37. The van der Waals surface area contributed by atoms with Crippen molar-refractivity contribution in [3.8, 4) is 0 Å². The average molecular weight is 330 g/mol. The predicted octanol–water partition coefficient (Wildman–Crippen LogP) is 6.01. The Morgan fingerprint density at radius 1 is 0.760 bits per heavy atom. The van der Waals surface area contributed by atoms with Crippen molar-refractivity contribution < 1.29 is 9.13 Å². The molecule has 0 bridgehead atoms. The van der Waals surface area contributed by atoms with Gasteiger partial charge in [-0.15, -0.1) is 0 Å². The van der Waals surface area contributed by atoms with Crippen molar-refractivity contribution in [1.82, 2.24) is 0 Å². The van der Waals surface area contributed by atoms with Gasteiger partial charge in [0.2, 0.25) is 0 Å². The number of benzene rings is 3. The van der Waals surface area contributed by atoms with Crippen LogP contribution in [0.1, 0.15) is 36.1 Å². The predicted molar refractivity (Wildman–Crippen MR) is 99.3 cm³/mol. The number of fused-ring (bicyclic) bond motifs is 1. The molecule has 0 saturated carbocycles. The van der Waals surface area contributed by atoms with Gasteiger partial charge in [-0.2, -0.15) is 0 Å². The first-order valence-electron chi connectivity index (χ1n) is 8.41. The Morgan fingerprint density at radius 2 is 1.36 bits per heavy atom. The third kappa shape index (κ3) is 2.74. The number of ether oxygens (including phenoxy) is 1. The van der Waals surface area contributed by atoms with E-state index in [1.807, 2.05) is 80.6 Å². The zero-order valence-electron chi connectivity index (χ0n) is 14.3. The van der Waals surface area contributed by atoms with E-state index < -0.39 is 5.60 Å². The van der Waals surface area contributed by atoms with Crippen LogP contribution >= 0.6 is 0 Å². The molecule has 25 heavy (non-hydrogen) atoms. The van der Waals surface area contributed by atoms with Gasteiger partial charge in [0.25, 0.3) is 0 Å². The topological polar surface area (TPSA) is 9.23 Å². The Labute approximate surface area is 147 Å². The van der Waals surface area contributed by atoms with E-state index >= 15 is 0 Å². The van der Waals surface area contributed by atoms with E-state index in [-0.39, 0.29) is 5.82 Å². The molecule has 2 heteroatoms. The highest BCUT2D eigenvalue weighted by atomic mass is 19.1. The molecule has 4 rings (SSSR count). The first-order chi connectivity index (χ1) is 12.1. The summed E-state index contributed by atoms with van der Waals surface area (Å²) in [7, 11) is 0. The van der Waals surface area contributed by atoms with E-state index in [0.29, 0.717) is 0 Å². The molecule has 0 amide bonds. The van der Waals surface area contributed by atoms with Gasteiger partial charge < -0.3 is 4.74 Å². The van der Waals surface area contributed by atoms with E-state index in [9.17, 15) is 4.39 Å². The average Bonchev–Trinajstić information content (AvgIpc) is 2.62. The van der Waals surface area contributed by atoms with E-state index in [1.54, 1.807) is 6.07 Å². The van der Waals surface area contributed by atoms with Crippen LogP contribution in [0.3, 0.4) is 0 Å². The highest BCUT2D eigenvalue weighted by Crippen LogP contribution is 2.46. The molecular formula is C23H19FO.